The molecule has 2 rings (SSSR count). The third kappa shape index (κ3) is 2.52. The van der Waals surface area contributed by atoms with Crippen LogP contribution in [-0.4, -0.2) is 27.7 Å². The second-order valence-corrected chi connectivity index (χ2v) is 4.86. The van der Waals surface area contributed by atoms with Gasteiger partial charge in [-0.15, -0.1) is 0 Å². The first kappa shape index (κ1) is 12.2. The Morgan fingerprint density at radius 3 is 3.00 bits per heavy atom. The van der Waals surface area contributed by atoms with Crippen LogP contribution in [0.5, 0.6) is 0 Å². The first-order valence-corrected chi connectivity index (χ1v) is 6.17. The van der Waals surface area contributed by atoms with E-state index in [4.69, 9.17) is 10.9 Å². The van der Waals surface area contributed by atoms with Crippen molar-refractivity contribution in [3.63, 3.8) is 0 Å². The first-order chi connectivity index (χ1) is 8.09. The molecule has 1 aromatic carbocycles. The number of carboxylic acid groups (broad SMARTS) is 1. The van der Waals surface area contributed by atoms with Gasteiger partial charge < -0.3 is 10.1 Å². The minimum absolute atomic E-state index is 0.285. The van der Waals surface area contributed by atoms with Crippen LogP contribution in [0.4, 0.5) is 4.79 Å². The molecule has 0 bridgehead atoms. The van der Waals surface area contributed by atoms with Crippen LogP contribution in [-0.2, 0) is 6.42 Å². The molecular weight excluding hydrogens is 333 g/mol. The molecule has 0 radical (unpaired) electrons. The fourth-order valence-corrected chi connectivity index (χ4v) is 2.37. The fourth-order valence-electron chi connectivity index (χ4n) is 1.72. The number of nitrogens with zero attached hydrogens (tertiary/aromatic N) is 1. The van der Waals surface area contributed by atoms with Crippen molar-refractivity contribution in [1.82, 2.24) is 9.99 Å². The lowest BCUT2D eigenvalue weighted by atomic mass is 10.1. The SMILES string of the molecule is NN(CCc1c[nH]c2c(I)cccc12)C(=O)O. The predicted molar refractivity (Wildman–Crippen MR) is 73.6 cm³/mol. The minimum atomic E-state index is -1.11. The van der Waals surface area contributed by atoms with Gasteiger partial charge in [-0.2, -0.15) is 0 Å². The van der Waals surface area contributed by atoms with Crippen molar-refractivity contribution in [1.29, 1.82) is 0 Å². The van der Waals surface area contributed by atoms with Crippen LogP contribution in [0.3, 0.4) is 0 Å². The number of nitrogens with one attached hydrogen (secondary N) is 1. The third-order valence-corrected chi connectivity index (χ3v) is 3.52. The normalized spacial score (nSPS) is 10.7. The Labute approximate surface area is 112 Å². The average molecular weight is 345 g/mol. The number of benzene rings is 1. The molecule has 0 unspecified atom stereocenters. The lowest BCUT2D eigenvalue weighted by Crippen LogP contribution is -2.37. The van der Waals surface area contributed by atoms with Gasteiger partial charge in [0.2, 0.25) is 0 Å². The highest BCUT2D eigenvalue weighted by Crippen LogP contribution is 2.23. The van der Waals surface area contributed by atoms with Crippen LogP contribution in [0.15, 0.2) is 24.4 Å². The van der Waals surface area contributed by atoms with Gasteiger partial charge in [-0.1, -0.05) is 12.1 Å². The van der Waals surface area contributed by atoms with Crippen molar-refractivity contribution < 1.29 is 9.90 Å². The van der Waals surface area contributed by atoms with Crippen LogP contribution in [0.25, 0.3) is 10.9 Å². The fraction of sp³-hybridized carbons (Fsp3) is 0.182. The van der Waals surface area contributed by atoms with E-state index in [1.54, 1.807) is 0 Å². The van der Waals surface area contributed by atoms with Gasteiger partial charge in [0, 0.05) is 21.7 Å². The van der Waals surface area contributed by atoms with Crippen molar-refractivity contribution in [2.75, 3.05) is 6.54 Å². The molecule has 17 heavy (non-hydrogen) atoms. The quantitative estimate of drug-likeness (QED) is 0.345. The number of fused-ring (bicyclic) bond motifs is 1. The van der Waals surface area contributed by atoms with Gasteiger partial charge in [-0.3, -0.25) is 0 Å². The minimum Gasteiger partial charge on any atom is -0.464 e. The molecule has 0 spiro atoms. The van der Waals surface area contributed by atoms with E-state index in [-0.39, 0.29) is 6.54 Å². The molecule has 0 saturated carbocycles. The number of rotatable bonds is 3. The standard InChI is InChI=1S/C11H12IN3O2/c12-9-3-1-2-8-7(6-14-10(8)9)4-5-15(13)11(16)17/h1-3,6,14H,4-5,13H2,(H,16,17). The molecule has 1 heterocycles. The van der Waals surface area contributed by atoms with Gasteiger partial charge in [0.1, 0.15) is 0 Å². The molecule has 4 N–H and O–H groups in total. The van der Waals surface area contributed by atoms with E-state index < -0.39 is 6.09 Å². The molecular formula is C11H12IN3O2. The highest BCUT2D eigenvalue weighted by atomic mass is 127. The summed E-state index contributed by atoms with van der Waals surface area (Å²) >= 11 is 2.26. The number of halogens is 1. The summed E-state index contributed by atoms with van der Waals surface area (Å²) in [7, 11) is 0. The number of carbonyl (C=O) groups is 1. The van der Waals surface area contributed by atoms with Crippen molar-refractivity contribution in [3.05, 3.63) is 33.5 Å². The highest BCUT2D eigenvalue weighted by molar-refractivity contribution is 14.1. The topological polar surface area (TPSA) is 82.3 Å². The number of nitrogens with two attached hydrogens (primary N) is 1. The van der Waals surface area contributed by atoms with Crippen LogP contribution >= 0.6 is 22.6 Å². The smallest absolute Gasteiger partial charge is 0.421 e. The summed E-state index contributed by atoms with van der Waals surface area (Å²) in [6.07, 6.45) is 1.39. The highest BCUT2D eigenvalue weighted by Gasteiger charge is 2.09. The molecule has 1 amide bonds. The number of hydrogen-bond donors (Lipinski definition) is 3. The van der Waals surface area contributed by atoms with Crippen LogP contribution < -0.4 is 5.84 Å². The van der Waals surface area contributed by atoms with Crippen LogP contribution in [0.1, 0.15) is 5.56 Å². The summed E-state index contributed by atoms with van der Waals surface area (Å²) < 4.78 is 1.15. The average Bonchev–Trinajstić information content (AvgIpc) is 2.70. The van der Waals surface area contributed by atoms with Gasteiger partial charge in [0.15, 0.2) is 0 Å². The predicted octanol–water partition coefficient (Wildman–Crippen LogP) is 2.17. The molecule has 0 aliphatic carbocycles. The lowest BCUT2D eigenvalue weighted by molar-refractivity contribution is 0.146. The van der Waals surface area contributed by atoms with Crippen molar-refractivity contribution in [3.8, 4) is 0 Å². The maximum atomic E-state index is 10.6. The molecule has 0 aliphatic heterocycles. The number of aromatic nitrogens is 1. The lowest BCUT2D eigenvalue weighted by Gasteiger charge is -2.11. The Morgan fingerprint density at radius 2 is 2.29 bits per heavy atom. The van der Waals surface area contributed by atoms with E-state index in [0.29, 0.717) is 6.42 Å². The van der Waals surface area contributed by atoms with Crippen molar-refractivity contribution >= 4 is 39.6 Å². The second-order valence-electron chi connectivity index (χ2n) is 3.70. The Bertz CT molecular complexity index is 553. The van der Waals surface area contributed by atoms with Gasteiger partial charge in [-0.05, 0) is 40.6 Å². The molecule has 0 fully saturated rings. The molecule has 90 valence electrons. The van der Waals surface area contributed by atoms with E-state index in [9.17, 15) is 4.79 Å². The third-order valence-electron chi connectivity index (χ3n) is 2.62. The molecule has 0 aliphatic rings. The number of H-pyrrole nitrogens is 1. The maximum absolute atomic E-state index is 10.6. The second kappa shape index (κ2) is 4.92. The summed E-state index contributed by atoms with van der Waals surface area (Å²) in [5.74, 6) is 5.33. The maximum Gasteiger partial charge on any atom is 0.421 e. The number of aromatic amines is 1. The van der Waals surface area contributed by atoms with Gasteiger partial charge in [0.05, 0.1) is 5.52 Å². The monoisotopic (exact) mass is 345 g/mol. The summed E-state index contributed by atoms with van der Waals surface area (Å²) in [4.78, 5) is 13.8. The van der Waals surface area contributed by atoms with E-state index >= 15 is 0 Å². The molecule has 0 saturated heterocycles. The van der Waals surface area contributed by atoms with Crippen LogP contribution in [0.2, 0.25) is 0 Å². The van der Waals surface area contributed by atoms with Gasteiger partial charge >= 0.3 is 6.09 Å². The summed E-state index contributed by atoms with van der Waals surface area (Å²) in [5, 5.41) is 10.6. The van der Waals surface area contributed by atoms with E-state index in [1.165, 1.54) is 0 Å². The molecule has 2 aromatic rings. The van der Waals surface area contributed by atoms with Crippen LogP contribution in [0, 0.1) is 3.57 Å². The largest absolute Gasteiger partial charge is 0.464 e. The number of hydrazine groups is 1. The zero-order valence-electron chi connectivity index (χ0n) is 8.98. The zero-order chi connectivity index (χ0) is 12.4. The number of para-hydroxylation sites is 1. The Balaban J connectivity index is 2.20. The Kier molecular flexibility index (Phi) is 3.53. The number of amides is 1. The summed E-state index contributed by atoms with van der Waals surface area (Å²) in [6, 6.07) is 6.03. The number of hydrogen-bond acceptors (Lipinski definition) is 2. The Hall–Kier alpha value is -1.28. The Morgan fingerprint density at radius 1 is 1.53 bits per heavy atom. The van der Waals surface area contributed by atoms with E-state index in [1.807, 2.05) is 24.4 Å². The first-order valence-electron chi connectivity index (χ1n) is 5.09. The summed E-state index contributed by atoms with van der Waals surface area (Å²) in [5.41, 5.74) is 2.16. The molecule has 6 heteroatoms. The van der Waals surface area contributed by atoms with E-state index in [2.05, 4.69) is 27.6 Å². The zero-order valence-corrected chi connectivity index (χ0v) is 11.1. The summed E-state index contributed by atoms with van der Waals surface area (Å²) in [6.45, 7) is 0.285. The molecule has 5 nitrogen and oxygen atoms in total. The molecule has 1 aromatic heterocycles. The van der Waals surface area contributed by atoms with Crippen molar-refractivity contribution in [2.24, 2.45) is 5.84 Å². The van der Waals surface area contributed by atoms with Gasteiger partial charge in [-0.25, -0.2) is 15.6 Å². The van der Waals surface area contributed by atoms with Crippen molar-refractivity contribution in [2.45, 2.75) is 6.42 Å². The van der Waals surface area contributed by atoms with E-state index in [0.717, 1.165) is 25.0 Å². The molecule has 0 atom stereocenters. The van der Waals surface area contributed by atoms with Gasteiger partial charge in [0.25, 0.3) is 0 Å².